The third-order valence-electron chi connectivity index (χ3n) is 4.12. The fourth-order valence-electron chi connectivity index (χ4n) is 2.73. The van der Waals surface area contributed by atoms with Gasteiger partial charge < -0.3 is 15.4 Å². The maximum absolute atomic E-state index is 12.1. The molecule has 1 heterocycles. The molecule has 2 N–H and O–H groups in total. The van der Waals surface area contributed by atoms with E-state index in [1.165, 1.54) is 0 Å². The average Bonchev–Trinajstić information content (AvgIpc) is 2.88. The summed E-state index contributed by atoms with van der Waals surface area (Å²) in [5.41, 5.74) is 4.52. The number of nitrogens with one attached hydrogen (secondary N) is 2. The van der Waals surface area contributed by atoms with E-state index in [-0.39, 0.29) is 18.4 Å². The van der Waals surface area contributed by atoms with Crippen LogP contribution in [-0.2, 0) is 29.0 Å². The normalized spacial score (nSPS) is 10.5. The van der Waals surface area contributed by atoms with Crippen LogP contribution < -0.4 is 10.6 Å². The molecule has 26 heavy (non-hydrogen) atoms. The van der Waals surface area contributed by atoms with Crippen molar-refractivity contribution < 1.29 is 14.3 Å². The molecule has 0 fully saturated rings. The lowest BCUT2D eigenvalue weighted by molar-refractivity contribution is -0.142. The smallest absolute Gasteiger partial charge is 0.319 e. The molecule has 7 nitrogen and oxygen atoms in total. The van der Waals surface area contributed by atoms with Crippen LogP contribution >= 0.6 is 0 Å². The molecule has 0 bridgehead atoms. The molecule has 2 aromatic rings. The second-order valence-corrected chi connectivity index (χ2v) is 5.95. The van der Waals surface area contributed by atoms with Crippen molar-refractivity contribution in [3.05, 3.63) is 46.8 Å². The third-order valence-corrected chi connectivity index (χ3v) is 4.12. The molecule has 0 aliphatic carbocycles. The molecule has 0 saturated carbocycles. The van der Waals surface area contributed by atoms with Gasteiger partial charge in [0.1, 0.15) is 0 Å². The Balaban J connectivity index is 1.88. The van der Waals surface area contributed by atoms with Gasteiger partial charge in [-0.2, -0.15) is 5.10 Å². The number of ether oxygens (including phenoxy) is 1. The number of nitrogens with zero attached hydrogens (tertiary/aromatic N) is 2. The second-order valence-electron chi connectivity index (χ2n) is 5.95. The lowest BCUT2D eigenvalue weighted by Crippen LogP contribution is -2.28. The van der Waals surface area contributed by atoms with Gasteiger partial charge in [-0.15, -0.1) is 0 Å². The summed E-state index contributed by atoms with van der Waals surface area (Å²) in [7, 11) is 0. The number of anilines is 1. The number of rotatable bonds is 7. The van der Waals surface area contributed by atoms with E-state index in [0.29, 0.717) is 18.8 Å². The molecule has 1 aromatic carbocycles. The zero-order chi connectivity index (χ0) is 19.1. The van der Waals surface area contributed by atoms with Crippen molar-refractivity contribution in [2.75, 3.05) is 11.9 Å². The molecular weight excluding hydrogens is 332 g/mol. The van der Waals surface area contributed by atoms with E-state index in [4.69, 9.17) is 4.74 Å². The number of urea groups is 1. The van der Waals surface area contributed by atoms with Crippen LogP contribution in [-0.4, -0.2) is 28.4 Å². The van der Waals surface area contributed by atoms with Crippen LogP contribution in [0.1, 0.15) is 36.4 Å². The van der Waals surface area contributed by atoms with Crippen molar-refractivity contribution in [3.8, 4) is 0 Å². The molecule has 0 aliphatic heterocycles. The molecule has 2 amide bonds. The minimum atomic E-state index is -0.286. The monoisotopic (exact) mass is 358 g/mol. The molecule has 7 heteroatoms. The number of carbonyl (C=O) groups excluding carboxylic acids is 2. The second kappa shape index (κ2) is 9.03. The predicted octanol–water partition coefficient (Wildman–Crippen LogP) is 2.95. The quantitative estimate of drug-likeness (QED) is 0.745. The summed E-state index contributed by atoms with van der Waals surface area (Å²) in [5.74, 6) is -0.260. The van der Waals surface area contributed by atoms with E-state index in [2.05, 4.69) is 15.7 Å². The summed E-state index contributed by atoms with van der Waals surface area (Å²) in [6.07, 6.45) is 0.223. The lowest BCUT2D eigenvalue weighted by atomic mass is 10.1. The molecule has 0 aliphatic rings. The first kappa shape index (κ1) is 19.5. The molecule has 0 spiro atoms. The van der Waals surface area contributed by atoms with Gasteiger partial charge in [0, 0.05) is 30.0 Å². The summed E-state index contributed by atoms with van der Waals surface area (Å²) >= 11 is 0. The van der Waals surface area contributed by atoms with Crippen LogP contribution in [0.4, 0.5) is 10.5 Å². The zero-order valence-corrected chi connectivity index (χ0v) is 15.8. The van der Waals surface area contributed by atoms with Gasteiger partial charge in [-0.3, -0.25) is 9.48 Å². The fourth-order valence-corrected chi connectivity index (χ4v) is 2.73. The molecule has 0 radical (unpaired) electrons. The Morgan fingerprint density at radius 1 is 1.15 bits per heavy atom. The van der Waals surface area contributed by atoms with E-state index in [9.17, 15) is 9.59 Å². The van der Waals surface area contributed by atoms with Crippen molar-refractivity contribution in [2.24, 2.45) is 0 Å². The number of carbonyl (C=O) groups is 2. The summed E-state index contributed by atoms with van der Waals surface area (Å²) < 4.78 is 6.84. The average molecular weight is 358 g/mol. The van der Waals surface area contributed by atoms with Crippen LogP contribution in [0, 0.1) is 13.8 Å². The van der Waals surface area contributed by atoms with Crippen molar-refractivity contribution in [1.29, 1.82) is 0 Å². The molecule has 0 unspecified atom stereocenters. The SMILES string of the molecule is CCOC(=O)Cc1ccc(NC(=O)NCc2c(C)nn(CC)c2C)cc1. The van der Waals surface area contributed by atoms with Crippen molar-refractivity contribution in [3.63, 3.8) is 0 Å². The van der Waals surface area contributed by atoms with E-state index < -0.39 is 0 Å². The van der Waals surface area contributed by atoms with Crippen molar-refractivity contribution >= 4 is 17.7 Å². The van der Waals surface area contributed by atoms with E-state index in [0.717, 1.165) is 29.1 Å². The van der Waals surface area contributed by atoms with Crippen molar-refractivity contribution in [2.45, 2.75) is 47.2 Å². The first-order valence-electron chi connectivity index (χ1n) is 8.76. The van der Waals surface area contributed by atoms with Gasteiger partial charge in [-0.1, -0.05) is 12.1 Å². The molecule has 0 atom stereocenters. The summed E-state index contributed by atoms with van der Waals surface area (Å²) in [6, 6.07) is 6.84. The number of aromatic nitrogens is 2. The van der Waals surface area contributed by atoms with Gasteiger partial charge in [-0.25, -0.2) is 4.79 Å². The molecule has 140 valence electrons. The summed E-state index contributed by atoms with van der Waals surface area (Å²) in [4.78, 5) is 23.6. The highest BCUT2D eigenvalue weighted by molar-refractivity contribution is 5.89. The van der Waals surface area contributed by atoms with Crippen LogP contribution in [0.3, 0.4) is 0 Å². The Labute approximate surface area is 153 Å². The third kappa shape index (κ3) is 5.08. The minimum absolute atomic E-state index is 0.223. The maximum Gasteiger partial charge on any atom is 0.319 e. The van der Waals surface area contributed by atoms with Gasteiger partial charge >= 0.3 is 12.0 Å². The maximum atomic E-state index is 12.1. The summed E-state index contributed by atoms with van der Waals surface area (Å²) in [5, 5.41) is 10.1. The zero-order valence-electron chi connectivity index (χ0n) is 15.8. The van der Waals surface area contributed by atoms with E-state index in [1.807, 2.05) is 25.5 Å². The molecular formula is C19H26N4O3. The lowest BCUT2D eigenvalue weighted by Gasteiger charge is -2.09. The van der Waals surface area contributed by atoms with Crippen LogP contribution in [0.5, 0.6) is 0 Å². The topological polar surface area (TPSA) is 85.2 Å². The van der Waals surface area contributed by atoms with Gasteiger partial charge in [0.05, 0.1) is 18.7 Å². The molecule has 0 saturated heterocycles. The standard InChI is InChI=1S/C19H26N4O3/c1-5-23-14(4)17(13(3)22-23)12-20-19(25)21-16-9-7-15(8-10-16)11-18(24)26-6-2/h7-10H,5-6,11-12H2,1-4H3,(H2,20,21,25). The van der Waals surface area contributed by atoms with Crippen molar-refractivity contribution in [1.82, 2.24) is 15.1 Å². The van der Waals surface area contributed by atoms with Crippen LogP contribution in [0.15, 0.2) is 24.3 Å². The first-order chi connectivity index (χ1) is 12.4. The van der Waals surface area contributed by atoms with Gasteiger partial charge in [0.2, 0.25) is 0 Å². The Hall–Kier alpha value is -2.83. The number of esters is 1. The minimum Gasteiger partial charge on any atom is -0.466 e. The Bertz CT molecular complexity index is 766. The highest BCUT2D eigenvalue weighted by Crippen LogP contribution is 2.13. The largest absolute Gasteiger partial charge is 0.466 e. The highest BCUT2D eigenvalue weighted by atomic mass is 16.5. The Morgan fingerprint density at radius 3 is 2.42 bits per heavy atom. The fraction of sp³-hybridized carbons (Fsp3) is 0.421. The first-order valence-corrected chi connectivity index (χ1v) is 8.76. The van der Waals surface area contributed by atoms with Crippen LogP contribution in [0.2, 0.25) is 0 Å². The summed E-state index contributed by atoms with van der Waals surface area (Å²) in [6.45, 7) is 9.35. The Morgan fingerprint density at radius 2 is 1.85 bits per heavy atom. The number of hydrogen-bond donors (Lipinski definition) is 2. The Kier molecular flexibility index (Phi) is 6.77. The van der Waals surface area contributed by atoms with E-state index >= 15 is 0 Å². The molecule has 1 aromatic heterocycles. The van der Waals surface area contributed by atoms with Gasteiger partial charge in [0.25, 0.3) is 0 Å². The van der Waals surface area contributed by atoms with E-state index in [1.54, 1.807) is 31.2 Å². The predicted molar refractivity (Wildman–Crippen MR) is 100 cm³/mol. The number of hydrogen-bond acceptors (Lipinski definition) is 4. The molecule has 2 rings (SSSR count). The number of benzene rings is 1. The van der Waals surface area contributed by atoms with Gasteiger partial charge in [0.15, 0.2) is 0 Å². The number of aryl methyl sites for hydroxylation is 2. The number of amides is 2. The highest BCUT2D eigenvalue weighted by Gasteiger charge is 2.12. The van der Waals surface area contributed by atoms with Crippen LogP contribution in [0.25, 0.3) is 0 Å². The van der Waals surface area contributed by atoms with Gasteiger partial charge in [-0.05, 0) is 45.4 Å².